The lowest BCUT2D eigenvalue weighted by Gasteiger charge is -2.37. The van der Waals surface area contributed by atoms with E-state index in [1.54, 1.807) is 0 Å². The van der Waals surface area contributed by atoms with Gasteiger partial charge in [-0.25, -0.2) is 0 Å². The van der Waals surface area contributed by atoms with Crippen LogP contribution in [0.25, 0.3) is 0 Å². The van der Waals surface area contributed by atoms with Crippen LogP contribution in [0.3, 0.4) is 0 Å². The van der Waals surface area contributed by atoms with E-state index in [9.17, 15) is 4.79 Å². The molecule has 1 aromatic rings. The highest BCUT2D eigenvalue weighted by atomic mass is 16.1. The van der Waals surface area contributed by atoms with Crippen molar-refractivity contribution >= 4 is 17.3 Å². The molecule has 1 amide bonds. The largest absolute Gasteiger partial charge is 0.371 e. The molecule has 1 N–H and O–H groups in total. The lowest BCUT2D eigenvalue weighted by atomic mass is 9.91. The fourth-order valence-corrected chi connectivity index (χ4v) is 4.38. The monoisotopic (exact) mass is 354 g/mol. The zero-order valence-corrected chi connectivity index (χ0v) is 16.2. The van der Waals surface area contributed by atoms with Crippen molar-refractivity contribution in [3.8, 4) is 0 Å². The second-order valence-corrected chi connectivity index (χ2v) is 7.83. The van der Waals surface area contributed by atoms with Crippen molar-refractivity contribution in [2.75, 3.05) is 23.3 Å². The van der Waals surface area contributed by atoms with Crippen LogP contribution in [-0.2, 0) is 17.6 Å². The normalized spacial score (nSPS) is 15.5. The Morgan fingerprint density at radius 2 is 1.62 bits per heavy atom. The molecule has 3 heteroatoms. The van der Waals surface area contributed by atoms with Gasteiger partial charge in [-0.1, -0.05) is 31.8 Å². The lowest BCUT2D eigenvalue weighted by Crippen LogP contribution is -2.34. The highest BCUT2D eigenvalue weighted by Crippen LogP contribution is 2.37. The number of amides is 1. The van der Waals surface area contributed by atoms with Gasteiger partial charge in [-0.15, -0.1) is 6.58 Å². The van der Waals surface area contributed by atoms with Crippen LogP contribution in [0.1, 0.15) is 75.3 Å². The molecule has 2 heterocycles. The van der Waals surface area contributed by atoms with Gasteiger partial charge in [0.15, 0.2) is 0 Å². The van der Waals surface area contributed by atoms with Crippen LogP contribution in [0.5, 0.6) is 0 Å². The van der Waals surface area contributed by atoms with E-state index in [1.807, 2.05) is 6.08 Å². The summed E-state index contributed by atoms with van der Waals surface area (Å²) in [5, 5.41) is 3.16. The average molecular weight is 355 g/mol. The molecule has 1 aromatic carbocycles. The van der Waals surface area contributed by atoms with Crippen molar-refractivity contribution in [1.82, 2.24) is 0 Å². The van der Waals surface area contributed by atoms with Crippen molar-refractivity contribution in [3.63, 3.8) is 0 Å². The van der Waals surface area contributed by atoms with Crippen molar-refractivity contribution in [3.05, 3.63) is 35.9 Å². The fraction of sp³-hybridized carbons (Fsp3) is 0.609. The number of hydrogen-bond acceptors (Lipinski definition) is 2. The first-order valence-electron chi connectivity index (χ1n) is 10.6. The van der Waals surface area contributed by atoms with E-state index in [-0.39, 0.29) is 5.91 Å². The van der Waals surface area contributed by atoms with Gasteiger partial charge in [-0.05, 0) is 68.2 Å². The Bertz CT molecular complexity index is 592. The third-order valence-electron chi connectivity index (χ3n) is 5.68. The zero-order chi connectivity index (χ0) is 18.2. The summed E-state index contributed by atoms with van der Waals surface area (Å²) in [5.74, 6) is 0.173. The predicted molar refractivity (Wildman–Crippen MR) is 111 cm³/mol. The van der Waals surface area contributed by atoms with Gasteiger partial charge in [0.25, 0.3) is 0 Å². The molecule has 0 radical (unpaired) electrons. The maximum Gasteiger partial charge on any atom is 0.224 e. The zero-order valence-electron chi connectivity index (χ0n) is 16.2. The average Bonchev–Trinajstić information content (AvgIpc) is 2.64. The molecule has 2 aliphatic heterocycles. The van der Waals surface area contributed by atoms with Crippen molar-refractivity contribution in [1.29, 1.82) is 0 Å². The molecule has 142 valence electrons. The van der Waals surface area contributed by atoms with Crippen LogP contribution >= 0.6 is 0 Å². The molecule has 0 saturated carbocycles. The van der Waals surface area contributed by atoms with Gasteiger partial charge in [0, 0.05) is 30.9 Å². The Kier molecular flexibility index (Phi) is 7.16. The van der Waals surface area contributed by atoms with E-state index in [2.05, 4.69) is 28.9 Å². The maximum absolute atomic E-state index is 12.3. The summed E-state index contributed by atoms with van der Waals surface area (Å²) >= 11 is 0. The molecule has 26 heavy (non-hydrogen) atoms. The summed E-state index contributed by atoms with van der Waals surface area (Å²) in [7, 11) is 0. The topological polar surface area (TPSA) is 32.3 Å². The molecule has 0 atom stereocenters. The first-order valence-corrected chi connectivity index (χ1v) is 10.6. The van der Waals surface area contributed by atoms with Crippen LogP contribution in [-0.4, -0.2) is 19.0 Å². The number of rotatable bonds is 10. The Balaban J connectivity index is 1.43. The van der Waals surface area contributed by atoms with Crippen LogP contribution in [0, 0.1) is 0 Å². The van der Waals surface area contributed by atoms with Gasteiger partial charge in [-0.2, -0.15) is 0 Å². The third kappa shape index (κ3) is 5.12. The summed E-state index contributed by atoms with van der Waals surface area (Å²) in [6.07, 6.45) is 15.7. The van der Waals surface area contributed by atoms with Gasteiger partial charge in [-0.3, -0.25) is 4.79 Å². The number of carbonyl (C=O) groups excluding carboxylic acids is 1. The fourth-order valence-electron chi connectivity index (χ4n) is 4.38. The summed E-state index contributed by atoms with van der Waals surface area (Å²) in [4.78, 5) is 14.8. The first kappa shape index (κ1) is 19.0. The maximum atomic E-state index is 12.3. The Morgan fingerprint density at radius 1 is 1.00 bits per heavy atom. The van der Waals surface area contributed by atoms with E-state index in [0.29, 0.717) is 6.42 Å². The molecule has 2 aliphatic rings. The first-order chi connectivity index (χ1) is 12.8. The number of unbranched alkanes of at least 4 members (excludes halogenated alkanes) is 6. The Labute approximate surface area is 158 Å². The van der Waals surface area contributed by atoms with E-state index in [0.717, 1.165) is 37.8 Å². The van der Waals surface area contributed by atoms with Gasteiger partial charge >= 0.3 is 0 Å². The second kappa shape index (κ2) is 9.80. The van der Waals surface area contributed by atoms with Crippen LogP contribution in [0.2, 0.25) is 0 Å². The van der Waals surface area contributed by atoms with Gasteiger partial charge in [0.1, 0.15) is 0 Å². The summed E-state index contributed by atoms with van der Waals surface area (Å²) in [6.45, 7) is 6.14. The van der Waals surface area contributed by atoms with E-state index in [1.165, 1.54) is 68.4 Å². The molecule has 0 saturated heterocycles. The van der Waals surface area contributed by atoms with E-state index in [4.69, 9.17) is 0 Å². The summed E-state index contributed by atoms with van der Waals surface area (Å²) < 4.78 is 0. The smallest absolute Gasteiger partial charge is 0.224 e. The van der Waals surface area contributed by atoms with Crippen molar-refractivity contribution in [2.45, 2.75) is 77.0 Å². The quantitative estimate of drug-likeness (QED) is 0.436. The number of carbonyl (C=O) groups is 1. The van der Waals surface area contributed by atoms with Gasteiger partial charge < -0.3 is 10.2 Å². The Morgan fingerprint density at radius 3 is 2.27 bits per heavy atom. The second-order valence-electron chi connectivity index (χ2n) is 7.83. The summed E-state index contributed by atoms with van der Waals surface area (Å²) in [5.41, 5.74) is 5.35. The predicted octanol–water partition coefficient (Wildman–Crippen LogP) is 5.63. The Hall–Kier alpha value is -1.77. The number of anilines is 2. The van der Waals surface area contributed by atoms with Gasteiger partial charge in [0.2, 0.25) is 5.91 Å². The molecule has 3 nitrogen and oxygen atoms in total. The van der Waals surface area contributed by atoms with Crippen LogP contribution < -0.4 is 10.2 Å². The number of benzene rings is 1. The van der Waals surface area contributed by atoms with E-state index >= 15 is 0 Å². The molecule has 0 aliphatic carbocycles. The molecule has 3 rings (SSSR count). The minimum atomic E-state index is 0.173. The highest BCUT2D eigenvalue weighted by molar-refractivity contribution is 5.91. The van der Waals surface area contributed by atoms with Crippen LogP contribution in [0.4, 0.5) is 11.4 Å². The minimum absolute atomic E-state index is 0.173. The molecule has 0 bridgehead atoms. The van der Waals surface area contributed by atoms with Crippen LogP contribution in [0.15, 0.2) is 24.8 Å². The third-order valence-corrected chi connectivity index (χ3v) is 5.68. The van der Waals surface area contributed by atoms with Crippen molar-refractivity contribution < 1.29 is 4.79 Å². The molecule has 0 spiro atoms. The number of aryl methyl sites for hydroxylation is 2. The minimum Gasteiger partial charge on any atom is -0.371 e. The molecule has 0 unspecified atom stereocenters. The lowest BCUT2D eigenvalue weighted by molar-refractivity contribution is -0.116. The highest BCUT2D eigenvalue weighted by Gasteiger charge is 2.24. The number of allylic oxidation sites excluding steroid dienone is 1. The number of nitrogens with one attached hydrogen (secondary N) is 1. The van der Waals surface area contributed by atoms with Gasteiger partial charge in [0.05, 0.1) is 0 Å². The standard InChI is InChI=1S/C23H34N2O/c1-2-3-4-5-6-7-8-9-14-22(26)24-21-17-19-12-10-15-25-16-11-13-20(18-21)23(19)25/h2,17-18H,1,3-16H2,(H,24,26). The molecular weight excluding hydrogens is 320 g/mol. The van der Waals surface area contributed by atoms with Crippen molar-refractivity contribution in [2.24, 2.45) is 0 Å². The number of hydrogen-bond donors (Lipinski definition) is 1. The molecular formula is C23H34N2O. The SMILES string of the molecule is C=CCCCCCCCCC(=O)Nc1cc2c3c(c1)CCCN3CCC2. The molecule has 0 aromatic heterocycles. The van der Waals surface area contributed by atoms with E-state index < -0.39 is 0 Å². The summed E-state index contributed by atoms with van der Waals surface area (Å²) in [6, 6.07) is 4.43. The molecule has 0 fully saturated rings. The number of nitrogens with zero attached hydrogens (tertiary/aromatic N) is 1.